The van der Waals surface area contributed by atoms with Gasteiger partial charge in [-0.3, -0.25) is 0 Å². The van der Waals surface area contributed by atoms with Crippen LogP contribution >= 0.6 is 0 Å². The van der Waals surface area contributed by atoms with Gasteiger partial charge in [-0.1, -0.05) is 146 Å². The minimum Gasteiger partial charge on any atom is -0.309 e. The molecule has 15 rings (SSSR count). The maximum atomic E-state index is 15.8. The van der Waals surface area contributed by atoms with Crippen molar-refractivity contribution in [2.75, 3.05) is 0 Å². The number of rotatable bonds is 6. The highest BCUT2D eigenvalue weighted by Crippen LogP contribution is 2.51. The molecule has 0 saturated carbocycles. The van der Waals surface area contributed by atoms with Crippen LogP contribution < -0.4 is 0 Å². The zero-order chi connectivity index (χ0) is 52.4. The number of nitrogens with zero attached hydrogens (tertiary/aromatic N) is 6. The number of alkyl halides is 3. The zero-order valence-corrected chi connectivity index (χ0v) is 41.3. The Morgan fingerprint density at radius 1 is 0.333 bits per heavy atom. The van der Waals surface area contributed by atoms with Crippen molar-refractivity contribution in [3.05, 3.63) is 253 Å². The van der Waals surface area contributed by atoms with E-state index in [2.05, 4.69) is 134 Å². The Morgan fingerprint density at radius 2 is 0.782 bits per heavy atom. The van der Waals surface area contributed by atoms with Crippen LogP contribution in [0.3, 0.4) is 0 Å². The number of hydrogen-bond donors (Lipinski definition) is 0. The van der Waals surface area contributed by atoms with E-state index in [-0.39, 0.29) is 22.3 Å². The van der Waals surface area contributed by atoms with Crippen LogP contribution in [0.5, 0.6) is 0 Å². The minimum absolute atomic E-state index is 0.119. The highest BCUT2D eigenvalue weighted by atomic mass is 19.4. The highest BCUT2D eigenvalue weighted by Gasteiger charge is 2.36. The molecule has 0 unspecified atom stereocenters. The van der Waals surface area contributed by atoms with Gasteiger partial charge in [0.15, 0.2) is 0 Å². The lowest BCUT2D eigenvalue weighted by molar-refractivity contribution is -0.137. The quantitative estimate of drug-likeness (QED) is 0.167. The molecular weight excluding hydrogens is 970 g/mol. The van der Waals surface area contributed by atoms with Crippen molar-refractivity contribution < 1.29 is 13.2 Å². The molecule has 0 fully saturated rings. The van der Waals surface area contributed by atoms with Crippen molar-refractivity contribution >= 4 is 87.2 Å². The molecule has 9 heteroatoms. The molecule has 0 N–H and O–H groups in total. The number of hydrogen-bond acceptors (Lipinski definition) is 2. The average molecular weight is 1010 g/mol. The van der Waals surface area contributed by atoms with Gasteiger partial charge in [0.05, 0.1) is 84.3 Å². The molecule has 366 valence electrons. The largest absolute Gasteiger partial charge is 0.417 e. The molecule has 11 aromatic carbocycles. The van der Waals surface area contributed by atoms with E-state index in [1.807, 2.05) is 97.1 Å². The third kappa shape index (κ3) is 6.36. The average Bonchev–Trinajstić information content (AvgIpc) is 3.53. The second kappa shape index (κ2) is 17.0. The van der Waals surface area contributed by atoms with Crippen LogP contribution in [-0.2, 0) is 6.18 Å². The summed E-state index contributed by atoms with van der Waals surface area (Å²) < 4.78 is 56.2. The molecule has 0 spiro atoms. The van der Waals surface area contributed by atoms with Crippen molar-refractivity contribution in [2.45, 2.75) is 6.18 Å². The molecule has 0 saturated heterocycles. The van der Waals surface area contributed by atoms with Crippen molar-refractivity contribution in [3.63, 3.8) is 0 Å². The smallest absolute Gasteiger partial charge is 0.309 e. The molecule has 0 radical (unpaired) electrons. The number of aromatic nitrogens is 4. The van der Waals surface area contributed by atoms with E-state index in [1.54, 1.807) is 18.2 Å². The Labute approximate surface area is 443 Å². The fourth-order valence-corrected chi connectivity index (χ4v) is 12.6. The third-order valence-corrected chi connectivity index (χ3v) is 15.6. The molecule has 78 heavy (non-hydrogen) atoms. The lowest BCUT2D eigenvalue weighted by Crippen LogP contribution is -2.09. The number of para-hydroxylation sites is 6. The van der Waals surface area contributed by atoms with Gasteiger partial charge in [-0.2, -0.15) is 23.7 Å². The molecule has 0 aliphatic carbocycles. The van der Waals surface area contributed by atoms with Gasteiger partial charge >= 0.3 is 6.18 Å². The molecule has 4 aromatic heterocycles. The Kier molecular flexibility index (Phi) is 9.75. The monoisotopic (exact) mass is 1010 g/mol. The van der Waals surface area contributed by atoms with Crippen molar-refractivity contribution in [3.8, 4) is 57.1 Å². The third-order valence-electron chi connectivity index (χ3n) is 15.6. The first-order chi connectivity index (χ1) is 38.3. The van der Waals surface area contributed by atoms with Crippen molar-refractivity contribution in [1.29, 1.82) is 10.5 Å². The van der Waals surface area contributed by atoms with Gasteiger partial charge in [-0.25, -0.2) is 0 Å². The molecule has 0 atom stereocenters. The number of halogens is 3. The molecule has 6 nitrogen and oxygen atoms in total. The number of benzene rings is 11. The Balaban J connectivity index is 1.12. The summed E-state index contributed by atoms with van der Waals surface area (Å²) in [5, 5.41) is 29.7. The summed E-state index contributed by atoms with van der Waals surface area (Å²) in [5.74, 6) is 0. The first kappa shape index (κ1) is 44.8. The summed E-state index contributed by atoms with van der Waals surface area (Å²) in [6.07, 6.45) is -4.86. The lowest BCUT2D eigenvalue weighted by Gasteiger charge is -2.24. The SMILES string of the molecule is N#Cc1ccc(-c2cccc(-n3c4ccccc4c4c3ccc3c5ccccc5n(-c5ccccc5)c34)c2-c2c(C#N)cccc2-n2c3ccccc3c3c2ccc2c4ccccc4n(-c4ccccc4)c23)c(C(F)(F)F)c1. The molecule has 0 amide bonds. The number of fused-ring (bicyclic) bond motifs is 14. The van der Waals surface area contributed by atoms with Crippen LogP contribution in [0.1, 0.15) is 16.7 Å². The van der Waals surface area contributed by atoms with Gasteiger partial charge < -0.3 is 18.3 Å². The van der Waals surface area contributed by atoms with Gasteiger partial charge in [0.2, 0.25) is 0 Å². The molecular formula is C69H39F3N6. The van der Waals surface area contributed by atoms with E-state index in [0.717, 1.165) is 105 Å². The van der Waals surface area contributed by atoms with Crippen LogP contribution in [0, 0.1) is 22.7 Å². The predicted molar refractivity (Wildman–Crippen MR) is 309 cm³/mol. The van der Waals surface area contributed by atoms with Gasteiger partial charge in [0.25, 0.3) is 0 Å². The summed E-state index contributed by atoms with van der Waals surface area (Å²) >= 11 is 0. The fraction of sp³-hybridized carbons (Fsp3) is 0.0145. The maximum Gasteiger partial charge on any atom is 0.417 e. The van der Waals surface area contributed by atoms with E-state index in [1.165, 1.54) is 12.1 Å². The summed E-state index contributed by atoms with van der Waals surface area (Å²) in [6.45, 7) is 0. The van der Waals surface area contributed by atoms with Crippen LogP contribution in [0.4, 0.5) is 13.2 Å². The maximum absolute atomic E-state index is 15.8. The predicted octanol–water partition coefficient (Wildman–Crippen LogP) is 18.2. The second-order valence-corrected chi connectivity index (χ2v) is 19.7. The molecule has 4 heterocycles. The van der Waals surface area contributed by atoms with Crippen LogP contribution in [0.2, 0.25) is 0 Å². The highest BCUT2D eigenvalue weighted by molar-refractivity contribution is 6.28. The first-order valence-corrected chi connectivity index (χ1v) is 25.6. The molecule has 0 aliphatic rings. The molecule has 0 aliphatic heterocycles. The lowest BCUT2D eigenvalue weighted by atomic mass is 9.86. The first-order valence-electron chi connectivity index (χ1n) is 25.6. The summed E-state index contributed by atoms with van der Waals surface area (Å²) in [5.41, 5.74) is 10.7. The Bertz CT molecular complexity index is 5100. The van der Waals surface area contributed by atoms with Crippen molar-refractivity contribution in [2.24, 2.45) is 0 Å². The normalized spacial score (nSPS) is 12.0. The van der Waals surface area contributed by atoms with Crippen LogP contribution in [0.15, 0.2) is 237 Å². The summed E-state index contributed by atoms with van der Waals surface area (Å²) in [7, 11) is 0. The standard InChI is InChI=1S/C69H39F3N6/c70-69(71,72)54-39-42(40-73)33-34-46(54)49-26-16-32-60(78-58-30-14-10-25-53(58)66-62(78)38-36-51-48-23-8-12-28-56(48)76(68(51)66)45-20-5-2-6-21-45)64(49)63-43(41-74)17-15-31-59(63)77-57-29-13-9-24-52(57)65-61(77)37-35-50-47-22-7-11-27-55(47)75(67(50)65)44-18-3-1-4-19-44/h1-39H. The Morgan fingerprint density at radius 3 is 1.27 bits per heavy atom. The van der Waals surface area contributed by atoms with Gasteiger partial charge in [0, 0.05) is 65.6 Å². The summed E-state index contributed by atoms with van der Waals surface area (Å²) in [4.78, 5) is 0. The van der Waals surface area contributed by atoms with Crippen molar-refractivity contribution in [1.82, 2.24) is 18.3 Å². The van der Waals surface area contributed by atoms with E-state index < -0.39 is 11.7 Å². The van der Waals surface area contributed by atoms with E-state index in [9.17, 15) is 10.5 Å². The van der Waals surface area contributed by atoms with Gasteiger partial charge in [-0.15, -0.1) is 0 Å². The van der Waals surface area contributed by atoms with Crippen LogP contribution in [0.25, 0.3) is 132 Å². The van der Waals surface area contributed by atoms with Gasteiger partial charge in [-0.05, 0) is 102 Å². The zero-order valence-electron chi connectivity index (χ0n) is 41.3. The topological polar surface area (TPSA) is 67.3 Å². The molecule has 15 aromatic rings. The number of nitriles is 2. The molecule has 0 bridgehead atoms. The minimum atomic E-state index is -4.86. The fourth-order valence-electron chi connectivity index (χ4n) is 12.6. The Hall–Kier alpha value is -10.6. The van der Waals surface area contributed by atoms with E-state index in [4.69, 9.17) is 0 Å². The summed E-state index contributed by atoms with van der Waals surface area (Å²) in [6, 6.07) is 81.5. The van der Waals surface area contributed by atoms with E-state index >= 15 is 13.2 Å². The van der Waals surface area contributed by atoms with Crippen LogP contribution in [-0.4, -0.2) is 18.3 Å². The van der Waals surface area contributed by atoms with E-state index in [0.29, 0.717) is 22.5 Å². The second-order valence-electron chi connectivity index (χ2n) is 19.7. The van der Waals surface area contributed by atoms with Gasteiger partial charge in [0.1, 0.15) is 0 Å².